The Morgan fingerprint density at radius 1 is 1.42 bits per heavy atom. The van der Waals surface area contributed by atoms with Crippen molar-refractivity contribution in [1.29, 1.82) is 0 Å². The van der Waals surface area contributed by atoms with Gasteiger partial charge in [0.05, 0.1) is 5.75 Å². The number of carboxylic acid groups (broad SMARTS) is 1. The van der Waals surface area contributed by atoms with Gasteiger partial charge in [-0.1, -0.05) is 18.2 Å². The van der Waals surface area contributed by atoms with Gasteiger partial charge in [-0.05, 0) is 18.2 Å². The maximum atomic E-state index is 11.3. The summed E-state index contributed by atoms with van der Waals surface area (Å²) in [5, 5.41) is 9.97. The molecule has 0 unspecified atom stereocenters. The lowest BCUT2D eigenvalue weighted by atomic mass is 10.1. The fourth-order valence-electron chi connectivity index (χ4n) is 1.90. The van der Waals surface area contributed by atoms with Crippen molar-refractivity contribution in [3.63, 3.8) is 0 Å². The lowest BCUT2D eigenvalue weighted by Crippen LogP contribution is -1.99. The highest BCUT2D eigenvalue weighted by Gasteiger charge is 2.19. The van der Waals surface area contributed by atoms with Gasteiger partial charge in [0.25, 0.3) is 0 Å². The van der Waals surface area contributed by atoms with E-state index in [1.54, 1.807) is 31.0 Å². The average Bonchev–Trinajstić information content (AvgIpc) is 2.76. The van der Waals surface area contributed by atoms with Crippen LogP contribution in [0.4, 0.5) is 0 Å². The Bertz CT molecular complexity index is 562. The Balaban J connectivity index is 2.13. The minimum atomic E-state index is -0.933. The zero-order valence-corrected chi connectivity index (χ0v) is 11.5. The van der Waals surface area contributed by atoms with Crippen molar-refractivity contribution in [2.45, 2.75) is 12.2 Å². The number of hydrogen-bond acceptors (Lipinski definition) is 4. The molecule has 1 aromatic heterocycles. The van der Waals surface area contributed by atoms with E-state index in [2.05, 4.69) is 0 Å². The molecule has 1 heterocycles. The number of thioether (sulfide) groups is 1. The third-order valence-corrected chi connectivity index (χ3v) is 3.80. The molecule has 2 aromatic rings. The molecular weight excluding hydrogens is 264 g/mol. The Morgan fingerprint density at radius 2 is 2.21 bits per heavy atom. The van der Waals surface area contributed by atoms with Gasteiger partial charge in [0.15, 0.2) is 0 Å². The summed E-state index contributed by atoms with van der Waals surface area (Å²) in [4.78, 5) is 11.3. The minimum absolute atomic E-state index is 0.287. The quantitative estimate of drug-likeness (QED) is 0.788. The highest BCUT2D eigenvalue weighted by Crippen LogP contribution is 2.28. The zero-order chi connectivity index (χ0) is 13.7. The summed E-state index contributed by atoms with van der Waals surface area (Å²) in [5.74, 6) is 1.10. The smallest absolute Gasteiger partial charge is 0.339 e. The van der Waals surface area contributed by atoms with Crippen LogP contribution in [-0.2, 0) is 10.5 Å². The average molecular weight is 280 g/mol. The van der Waals surface area contributed by atoms with Crippen molar-refractivity contribution in [2.75, 3.05) is 19.5 Å². The molecule has 19 heavy (non-hydrogen) atoms. The van der Waals surface area contributed by atoms with Gasteiger partial charge < -0.3 is 14.3 Å². The van der Waals surface area contributed by atoms with Crippen LogP contribution in [0, 0.1) is 0 Å². The van der Waals surface area contributed by atoms with Crippen LogP contribution in [0.15, 0.2) is 28.7 Å². The van der Waals surface area contributed by atoms with Crippen molar-refractivity contribution in [3.8, 4) is 0 Å². The predicted molar refractivity (Wildman–Crippen MR) is 75.8 cm³/mol. The molecule has 1 N–H and O–H groups in total. The second-order valence-corrected chi connectivity index (χ2v) is 5.21. The molecule has 0 saturated heterocycles. The van der Waals surface area contributed by atoms with E-state index >= 15 is 0 Å². The van der Waals surface area contributed by atoms with Crippen molar-refractivity contribution in [3.05, 3.63) is 35.6 Å². The van der Waals surface area contributed by atoms with Gasteiger partial charge >= 0.3 is 5.97 Å². The first-order chi connectivity index (χ1) is 9.24. The number of furan rings is 1. The Kier molecular flexibility index (Phi) is 4.87. The molecule has 0 bridgehead atoms. The molecule has 0 aliphatic carbocycles. The molecule has 102 valence electrons. The number of methoxy groups -OCH3 is 1. The lowest BCUT2D eigenvalue weighted by molar-refractivity contribution is 0.0697. The summed E-state index contributed by atoms with van der Waals surface area (Å²) in [6.45, 7) is 0.721. The van der Waals surface area contributed by atoms with Crippen LogP contribution in [0.3, 0.4) is 0 Å². The third kappa shape index (κ3) is 3.30. The molecule has 2 rings (SSSR count). The van der Waals surface area contributed by atoms with Gasteiger partial charge in [-0.15, -0.1) is 0 Å². The lowest BCUT2D eigenvalue weighted by Gasteiger charge is -2.00. The third-order valence-electron chi connectivity index (χ3n) is 2.75. The molecule has 5 heteroatoms. The SMILES string of the molecule is COCCCSCc1oc2ccccc2c1C(=O)O. The first-order valence-corrected chi connectivity index (χ1v) is 7.20. The Morgan fingerprint density at radius 3 is 2.95 bits per heavy atom. The van der Waals surface area contributed by atoms with E-state index in [1.165, 1.54) is 0 Å². The molecule has 4 nitrogen and oxygen atoms in total. The highest BCUT2D eigenvalue weighted by atomic mass is 32.2. The molecule has 0 aliphatic heterocycles. The van der Waals surface area contributed by atoms with E-state index < -0.39 is 5.97 Å². The van der Waals surface area contributed by atoms with E-state index in [9.17, 15) is 9.90 Å². The maximum Gasteiger partial charge on any atom is 0.339 e. The Labute approximate surface area is 115 Å². The molecule has 0 fully saturated rings. The van der Waals surface area contributed by atoms with Gasteiger partial charge in [-0.2, -0.15) is 11.8 Å². The first kappa shape index (κ1) is 14.0. The number of benzene rings is 1. The zero-order valence-electron chi connectivity index (χ0n) is 10.7. The summed E-state index contributed by atoms with van der Waals surface area (Å²) < 4.78 is 10.6. The van der Waals surface area contributed by atoms with Crippen LogP contribution in [0.1, 0.15) is 22.5 Å². The maximum absolute atomic E-state index is 11.3. The predicted octanol–water partition coefficient (Wildman–Crippen LogP) is 3.40. The molecular formula is C14H16O4S. The molecule has 0 saturated carbocycles. The minimum Gasteiger partial charge on any atom is -0.478 e. The van der Waals surface area contributed by atoms with E-state index in [1.807, 2.05) is 12.1 Å². The molecule has 1 aromatic carbocycles. The number of aromatic carboxylic acids is 1. The van der Waals surface area contributed by atoms with Crippen molar-refractivity contribution in [2.24, 2.45) is 0 Å². The number of ether oxygens (including phenoxy) is 1. The standard InChI is InChI=1S/C14H16O4S/c1-17-7-4-8-19-9-12-13(14(15)16)10-5-2-3-6-11(10)18-12/h2-3,5-6H,4,7-9H2,1H3,(H,15,16). The van der Waals surface area contributed by atoms with Gasteiger partial charge in [-0.3, -0.25) is 0 Å². The van der Waals surface area contributed by atoms with Crippen LogP contribution in [-0.4, -0.2) is 30.5 Å². The molecule has 0 spiro atoms. The summed E-state index contributed by atoms with van der Waals surface area (Å²) in [6.07, 6.45) is 0.948. The fourth-order valence-corrected chi connectivity index (χ4v) is 2.76. The second kappa shape index (κ2) is 6.63. The molecule has 0 atom stereocenters. The van der Waals surface area contributed by atoms with Crippen molar-refractivity contribution < 1.29 is 19.1 Å². The summed E-state index contributed by atoms with van der Waals surface area (Å²) in [5.41, 5.74) is 0.919. The van der Waals surface area contributed by atoms with Crippen LogP contribution in [0.25, 0.3) is 11.0 Å². The monoisotopic (exact) mass is 280 g/mol. The topological polar surface area (TPSA) is 59.7 Å². The molecule has 0 aliphatic rings. The number of fused-ring (bicyclic) bond motifs is 1. The number of carbonyl (C=O) groups is 1. The first-order valence-electron chi connectivity index (χ1n) is 6.04. The number of para-hydroxylation sites is 1. The van der Waals surface area contributed by atoms with Crippen molar-refractivity contribution in [1.82, 2.24) is 0 Å². The van der Waals surface area contributed by atoms with Crippen LogP contribution < -0.4 is 0 Å². The van der Waals surface area contributed by atoms with Gasteiger partial charge in [0.2, 0.25) is 0 Å². The van der Waals surface area contributed by atoms with E-state index in [-0.39, 0.29) is 5.56 Å². The highest BCUT2D eigenvalue weighted by molar-refractivity contribution is 7.98. The molecule has 0 radical (unpaired) electrons. The van der Waals surface area contributed by atoms with Crippen molar-refractivity contribution >= 4 is 28.7 Å². The number of carboxylic acids is 1. The second-order valence-electron chi connectivity index (χ2n) is 4.10. The van der Waals surface area contributed by atoms with E-state index in [0.29, 0.717) is 22.5 Å². The summed E-state index contributed by atoms with van der Waals surface area (Å²) >= 11 is 1.66. The number of hydrogen-bond donors (Lipinski definition) is 1. The fraction of sp³-hybridized carbons (Fsp3) is 0.357. The normalized spacial score (nSPS) is 11.0. The van der Waals surface area contributed by atoms with Crippen LogP contribution in [0.5, 0.6) is 0 Å². The summed E-state index contributed by atoms with van der Waals surface area (Å²) in [7, 11) is 1.67. The van der Waals surface area contributed by atoms with E-state index in [0.717, 1.165) is 18.8 Å². The van der Waals surface area contributed by atoms with Crippen LogP contribution >= 0.6 is 11.8 Å². The largest absolute Gasteiger partial charge is 0.478 e. The Hall–Kier alpha value is -1.46. The van der Waals surface area contributed by atoms with Gasteiger partial charge in [0.1, 0.15) is 16.9 Å². The summed E-state index contributed by atoms with van der Waals surface area (Å²) in [6, 6.07) is 7.23. The van der Waals surface area contributed by atoms with Crippen LogP contribution in [0.2, 0.25) is 0 Å². The van der Waals surface area contributed by atoms with E-state index in [4.69, 9.17) is 9.15 Å². The van der Waals surface area contributed by atoms with Gasteiger partial charge in [0, 0.05) is 19.1 Å². The number of rotatable bonds is 7. The molecule has 0 amide bonds. The van der Waals surface area contributed by atoms with Gasteiger partial charge in [-0.25, -0.2) is 4.79 Å².